The molecule has 0 fully saturated rings. The fourth-order valence-electron chi connectivity index (χ4n) is 1.25. The van der Waals surface area contributed by atoms with E-state index in [9.17, 15) is 18.3 Å². The van der Waals surface area contributed by atoms with E-state index in [1.165, 1.54) is 20.3 Å². The number of rotatable bonds is 3. The van der Waals surface area contributed by atoms with Crippen LogP contribution in [0.15, 0.2) is 18.2 Å². The van der Waals surface area contributed by atoms with Gasteiger partial charge < -0.3 is 14.6 Å². The number of aliphatic hydroxyl groups is 1. The number of alkyl halides is 3. The minimum absolute atomic E-state index is 0.184. The molecule has 0 aromatic heterocycles. The van der Waals surface area contributed by atoms with Crippen LogP contribution in [0.25, 0.3) is 0 Å². The average molecular weight is 250 g/mol. The van der Waals surface area contributed by atoms with Crippen LogP contribution in [0.4, 0.5) is 13.2 Å². The smallest absolute Gasteiger partial charge is 0.421 e. The second-order valence-electron chi connectivity index (χ2n) is 3.67. The molecule has 0 radical (unpaired) electrons. The third-order valence-electron chi connectivity index (χ3n) is 2.47. The van der Waals surface area contributed by atoms with E-state index < -0.39 is 11.8 Å². The zero-order chi connectivity index (χ0) is 13.3. The summed E-state index contributed by atoms with van der Waals surface area (Å²) < 4.78 is 47.7. The van der Waals surface area contributed by atoms with Crippen molar-refractivity contribution in [3.05, 3.63) is 23.8 Å². The molecular weight excluding hydrogens is 237 g/mol. The van der Waals surface area contributed by atoms with Crippen LogP contribution in [-0.4, -0.2) is 25.5 Å². The van der Waals surface area contributed by atoms with Crippen LogP contribution in [0, 0.1) is 0 Å². The van der Waals surface area contributed by atoms with E-state index in [2.05, 4.69) is 0 Å². The molecule has 0 saturated heterocycles. The highest BCUT2D eigenvalue weighted by Gasteiger charge is 2.51. The first-order valence-corrected chi connectivity index (χ1v) is 4.75. The van der Waals surface area contributed by atoms with E-state index >= 15 is 0 Å². The van der Waals surface area contributed by atoms with Crippen molar-refractivity contribution in [3.8, 4) is 11.5 Å². The fourth-order valence-corrected chi connectivity index (χ4v) is 1.25. The van der Waals surface area contributed by atoms with Gasteiger partial charge in [-0.1, -0.05) is 0 Å². The Morgan fingerprint density at radius 3 is 1.71 bits per heavy atom. The van der Waals surface area contributed by atoms with Gasteiger partial charge in [0.2, 0.25) is 0 Å². The molecule has 0 aliphatic heterocycles. The van der Waals surface area contributed by atoms with Crippen molar-refractivity contribution in [1.82, 2.24) is 0 Å². The summed E-state index contributed by atoms with van der Waals surface area (Å²) in [6.07, 6.45) is -4.77. The zero-order valence-electron chi connectivity index (χ0n) is 9.63. The van der Waals surface area contributed by atoms with Crippen molar-refractivity contribution >= 4 is 0 Å². The van der Waals surface area contributed by atoms with Crippen molar-refractivity contribution < 1.29 is 27.8 Å². The first-order valence-electron chi connectivity index (χ1n) is 4.75. The van der Waals surface area contributed by atoms with Gasteiger partial charge in [-0.05, 0) is 24.6 Å². The molecule has 1 unspecified atom stereocenters. The molecule has 1 atom stereocenters. The quantitative estimate of drug-likeness (QED) is 0.895. The maximum atomic E-state index is 12.7. The predicted molar refractivity (Wildman–Crippen MR) is 55.2 cm³/mol. The molecule has 1 aromatic carbocycles. The number of benzene rings is 1. The molecule has 6 heteroatoms. The lowest BCUT2D eigenvalue weighted by molar-refractivity contribution is -0.258. The van der Waals surface area contributed by atoms with Crippen LogP contribution < -0.4 is 9.47 Å². The Balaban J connectivity index is 3.30. The summed E-state index contributed by atoms with van der Waals surface area (Å²) in [6.45, 7) is 0.682. The lowest BCUT2D eigenvalue weighted by Gasteiger charge is -2.27. The number of ether oxygens (including phenoxy) is 2. The molecule has 0 aliphatic carbocycles. The predicted octanol–water partition coefficient (Wildman–Crippen LogP) is 2.47. The largest absolute Gasteiger partial charge is 0.497 e. The third kappa shape index (κ3) is 2.63. The molecule has 96 valence electrons. The normalized spacial score (nSPS) is 15.2. The van der Waals surface area contributed by atoms with Crippen LogP contribution >= 0.6 is 0 Å². The highest BCUT2D eigenvalue weighted by Crippen LogP contribution is 2.40. The van der Waals surface area contributed by atoms with Crippen molar-refractivity contribution in [2.24, 2.45) is 0 Å². The monoisotopic (exact) mass is 250 g/mol. The number of hydrogen-bond donors (Lipinski definition) is 1. The Hall–Kier alpha value is -1.43. The van der Waals surface area contributed by atoms with E-state index in [0.29, 0.717) is 6.92 Å². The highest BCUT2D eigenvalue weighted by molar-refractivity contribution is 5.41. The third-order valence-corrected chi connectivity index (χ3v) is 2.47. The molecule has 0 amide bonds. The number of halogens is 3. The Morgan fingerprint density at radius 1 is 1.00 bits per heavy atom. The van der Waals surface area contributed by atoms with Gasteiger partial charge in [0.05, 0.1) is 14.2 Å². The minimum atomic E-state index is -4.77. The second-order valence-corrected chi connectivity index (χ2v) is 3.67. The van der Waals surface area contributed by atoms with Gasteiger partial charge in [0.15, 0.2) is 5.60 Å². The molecule has 1 aromatic rings. The second kappa shape index (κ2) is 4.44. The van der Waals surface area contributed by atoms with Crippen molar-refractivity contribution in [3.63, 3.8) is 0 Å². The number of hydrogen-bond acceptors (Lipinski definition) is 3. The summed E-state index contributed by atoms with van der Waals surface area (Å²) in [5.41, 5.74) is -3.28. The Morgan fingerprint density at radius 2 is 1.41 bits per heavy atom. The summed E-state index contributed by atoms with van der Waals surface area (Å²) in [7, 11) is 2.64. The summed E-state index contributed by atoms with van der Waals surface area (Å²) in [4.78, 5) is 0. The first-order chi connectivity index (χ1) is 7.72. The Labute approximate surface area is 96.8 Å². The lowest BCUT2D eigenvalue weighted by atomic mass is 9.95. The van der Waals surface area contributed by atoms with Crippen LogP contribution in [0.1, 0.15) is 12.5 Å². The molecular formula is C11H13F3O3. The molecule has 3 nitrogen and oxygen atoms in total. The summed E-state index contributed by atoms with van der Waals surface area (Å²) in [5.74, 6) is 0.368. The van der Waals surface area contributed by atoms with Gasteiger partial charge in [-0.2, -0.15) is 13.2 Å². The van der Waals surface area contributed by atoms with Gasteiger partial charge in [-0.25, -0.2) is 0 Å². The zero-order valence-corrected chi connectivity index (χ0v) is 9.63. The standard InChI is InChI=1S/C11H13F3O3/c1-10(15,11(12,13)14)7-4-8(16-2)6-9(5-7)17-3/h4-6,15H,1-3H3. The van der Waals surface area contributed by atoms with Crippen LogP contribution in [0.2, 0.25) is 0 Å². The van der Waals surface area contributed by atoms with Crippen molar-refractivity contribution in [2.75, 3.05) is 14.2 Å². The molecule has 0 bridgehead atoms. The van der Waals surface area contributed by atoms with Gasteiger partial charge in [-0.3, -0.25) is 0 Å². The van der Waals surface area contributed by atoms with E-state index in [4.69, 9.17) is 9.47 Å². The fraction of sp³-hybridized carbons (Fsp3) is 0.455. The van der Waals surface area contributed by atoms with Gasteiger partial charge >= 0.3 is 6.18 Å². The first kappa shape index (κ1) is 13.6. The Kier molecular flexibility index (Phi) is 3.56. The molecule has 0 spiro atoms. The molecule has 17 heavy (non-hydrogen) atoms. The molecule has 0 heterocycles. The van der Waals surface area contributed by atoms with Crippen molar-refractivity contribution in [1.29, 1.82) is 0 Å². The summed E-state index contributed by atoms with van der Waals surface area (Å²) in [6, 6.07) is 3.67. The lowest BCUT2D eigenvalue weighted by Crippen LogP contribution is -2.39. The summed E-state index contributed by atoms with van der Waals surface area (Å²) >= 11 is 0. The maximum absolute atomic E-state index is 12.7. The maximum Gasteiger partial charge on any atom is 0.421 e. The van der Waals surface area contributed by atoms with Gasteiger partial charge in [0.1, 0.15) is 11.5 Å². The summed E-state index contributed by atoms with van der Waals surface area (Å²) in [5, 5.41) is 9.53. The van der Waals surface area contributed by atoms with E-state index in [1.54, 1.807) is 0 Å². The number of methoxy groups -OCH3 is 2. The van der Waals surface area contributed by atoms with E-state index in [0.717, 1.165) is 12.1 Å². The topological polar surface area (TPSA) is 38.7 Å². The highest BCUT2D eigenvalue weighted by atomic mass is 19.4. The van der Waals surface area contributed by atoms with Crippen LogP contribution in [-0.2, 0) is 5.60 Å². The van der Waals surface area contributed by atoms with Gasteiger partial charge in [-0.15, -0.1) is 0 Å². The van der Waals surface area contributed by atoms with E-state index in [-0.39, 0.29) is 17.1 Å². The van der Waals surface area contributed by atoms with Gasteiger partial charge in [0.25, 0.3) is 0 Å². The van der Waals surface area contributed by atoms with Crippen LogP contribution in [0.5, 0.6) is 11.5 Å². The van der Waals surface area contributed by atoms with E-state index in [1.807, 2.05) is 0 Å². The molecule has 1 N–H and O–H groups in total. The van der Waals surface area contributed by atoms with Crippen molar-refractivity contribution in [2.45, 2.75) is 18.7 Å². The molecule has 1 rings (SSSR count). The van der Waals surface area contributed by atoms with Gasteiger partial charge in [0, 0.05) is 6.07 Å². The molecule has 0 aliphatic rings. The SMILES string of the molecule is COc1cc(OC)cc(C(C)(O)C(F)(F)F)c1. The Bertz CT molecular complexity index is 377. The molecule has 0 saturated carbocycles. The minimum Gasteiger partial charge on any atom is -0.497 e. The average Bonchev–Trinajstić information content (AvgIpc) is 2.26. The van der Waals surface area contributed by atoms with Crippen LogP contribution in [0.3, 0.4) is 0 Å².